The molecule has 7 nitrogen and oxygen atoms in total. The minimum absolute atomic E-state index is 0.00745. The molecule has 1 aliphatic rings. The van der Waals surface area contributed by atoms with Gasteiger partial charge in [0.2, 0.25) is 5.91 Å². The van der Waals surface area contributed by atoms with E-state index in [9.17, 15) is 18.3 Å². The molecule has 1 aliphatic heterocycles. The van der Waals surface area contributed by atoms with E-state index in [1.807, 2.05) is 31.2 Å². The third-order valence-corrected chi connectivity index (χ3v) is 5.90. The summed E-state index contributed by atoms with van der Waals surface area (Å²) in [6.45, 7) is 2.63. The van der Waals surface area contributed by atoms with Gasteiger partial charge in [-0.05, 0) is 18.1 Å². The fourth-order valence-corrected chi connectivity index (χ4v) is 4.84. The SMILES string of the molecule is CCc1ccccc1NC(=O)CN(CCN)C1CS(=O)(=O)CC1O. The van der Waals surface area contributed by atoms with Crippen LogP contribution in [0.15, 0.2) is 24.3 Å². The first kappa shape index (κ1) is 18.9. The Labute approximate surface area is 142 Å². The van der Waals surface area contributed by atoms with Crippen LogP contribution in [0.1, 0.15) is 12.5 Å². The lowest BCUT2D eigenvalue weighted by atomic mass is 10.1. The van der Waals surface area contributed by atoms with Crippen LogP contribution in [0.3, 0.4) is 0 Å². The van der Waals surface area contributed by atoms with E-state index in [0.29, 0.717) is 6.54 Å². The van der Waals surface area contributed by atoms with Gasteiger partial charge < -0.3 is 16.2 Å². The Morgan fingerprint density at radius 1 is 1.38 bits per heavy atom. The van der Waals surface area contributed by atoms with Gasteiger partial charge in [0.05, 0.1) is 30.2 Å². The number of nitrogens with one attached hydrogen (secondary N) is 1. The number of para-hydroxylation sites is 1. The van der Waals surface area contributed by atoms with Gasteiger partial charge in [0.25, 0.3) is 0 Å². The molecule has 0 aromatic heterocycles. The summed E-state index contributed by atoms with van der Waals surface area (Å²) in [5.74, 6) is -0.660. The molecule has 1 fully saturated rings. The first-order valence-electron chi connectivity index (χ1n) is 8.06. The van der Waals surface area contributed by atoms with Crippen molar-refractivity contribution >= 4 is 21.4 Å². The number of amides is 1. The average molecular weight is 355 g/mol. The van der Waals surface area contributed by atoms with Crippen molar-refractivity contribution in [1.29, 1.82) is 0 Å². The summed E-state index contributed by atoms with van der Waals surface area (Å²) in [5, 5.41) is 12.9. The number of aliphatic hydroxyl groups excluding tert-OH is 1. The highest BCUT2D eigenvalue weighted by molar-refractivity contribution is 7.91. The van der Waals surface area contributed by atoms with Crippen molar-refractivity contribution in [3.63, 3.8) is 0 Å². The molecule has 2 unspecified atom stereocenters. The molecule has 1 aromatic carbocycles. The Morgan fingerprint density at radius 2 is 2.08 bits per heavy atom. The fourth-order valence-electron chi connectivity index (χ4n) is 3.01. The summed E-state index contributed by atoms with van der Waals surface area (Å²) < 4.78 is 23.4. The number of hydrogen-bond donors (Lipinski definition) is 3. The van der Waals surface area contributed by atoms with Crippen molar-refractivity contribution in [1.82, 2.24) is 4.90 Å². The number of anilines is 1. The van der Waals surface area contributed by atoms with Crippen LogP contribution in [-0.2, 0) is 21.1 Å². The van der Waals surface area contributed by atoms with Crippen LogP contribution < -0.4 is 11.1 Å². The van der Waals surface area contributed by atoms with Crippen LogP contribution >= 0.6 is 0 Å². The molecule has 0 spiro atoms. The van der Waals surface area contributed by atoms with Crippen LogP contribution in [0, 0.1) is 0 Å². The summed E-state index contributed by atoms with van der Waals surface area (Å²) >= 11 is 0. The van der Waals surface area contributed by atoms with Crippen molar-refractivity contribution in [2.75, 3.05) is 36.5 Å². The topological polar surface area (TPSA) is 113 Å². The van der Waals surface area contributed by atoms with E-state index in [4.69, 9.17) is 5.73 Å². The van der Waals surface area contributed by atoms with Crippen LogP contribution in [-0.4, -0.2) is 67.6 Å². The third kappa shape index (κ3) is 4.76. The van der Waals surface area contributed by atoms with Crippen LogP contribution in [0.2, 0.25) is 0 Å². The molecule has 1 heterocycles. The fraction of sp³-hybridized carbons (Fsp3) is 0.562. The number of hydrogen-bond acceptors (Lipinski definition) is 6. The zero-order valence-corrected chi connectivity index (χ0v) is 14.6. The van der Waals surface area contributed by atoms with Crippen LogP contribution in [0.5, 0.6) is 0 Å². The minimum Gasteiger partial charge on any atom is -0.390 e. The summed E-state index contributed by atoms with van der Waals surface area (Å²) in [7, 11) is -3.28. The van der Waals surface area contributed by atoms with Gasteiger partial charge in [-0.1, -0.05) is 25.1 Å². The zero-order valence-electron chi connectivity index (χ0n) is 13.8. The van der Waals surface area contributed by atoms with Gasteiger partial charge in [0.1, 0.15) is 0 Å². The first-order chi connectivity index (χ1) is 11.4. The van der Waals surface area contributed by atoms with E-state index in [0.717, 1.165) is 17.7 Å². The van der Waals surface area contributed by atoms with Gasteiger partial charge in [0.15, 0.2) is 9.84 Å². The van der Waals surface area contributed by atoms with Crippen molar-refractivity contribution in [2.24, 2.45) is 5.73 Å². The van der Waals surface area contributed by atoms with Gasteiger partial charge in [0, 0.05) is 18.8 Å². The molecule has 24 heavy (non-hydrogen) atoms. The quantitative estimate of drug-likeness (QED) is 0.614. The lowest BCUT2D eigenvalue weighted by Crippen LogP contribution is -2.48. The molecule has 1 saturated heterocycles. The number of aryl methyl sites for hydroxylation is 1. The van der Waals surface area contributed by atoms with E-state index in [1.165, 1.54) is 0 Å². The van der Waals surface area contributed by atoms with E-state index in [1.54, 1.807) is 4.90 Å². The smallest absolute Gasteiger partial charge is 0.238 e. The van der Waals surface area contributed by atoms with Gasteiger partial charge in [-0.25, -0.2) is 8.42 Å². The number of sulfone groups is 1. The van der Waals surface area contributed by atoms with E-state index < -0.39 is 22.0 Å². The molecular formula is C16H25N3O4S. The Morgan fingerprint density at radius 3 is 2.67 bits per heavy atom. The number of carbonyl (C=O) groups excluding carboxylic acids is 1. The number of nitrogens with zero attached hydrogens (tertiary/aromatic N) is 1. The predicted octanol–water partition coefficient (Wildman–Crippen LogP) is -0.394. The van der Waals surface area contributed by atoms with Gasteiger partial charge in [-0.15, -0.1) is 0 Å². The number of aliphatic hydroxyl groups is 1. The summed E-state index contributed by atoms with van der Waals surface area (Å²) in [4.78, 5) is 14.0. The number of carbonyl (C=O) groups is 1. The monoisotopic (exact) mass is 355 g/mol. The molecule has 0 aliphatic carbocycles. The molecule has 8 heteroatoms. The van der Waals surface area contributed by atoms with Gasteiger partial charge in [-0.3, -0.25) is 9.69 Å². The standard InChI is InChI=1S/C16H25N3O4S/c1-2-12-5-3-4-6-13(12)18-16(21)9-19(8-7-17)14-10-24(22,23)11-15(14)20/h3-6,14-15,20H,2,7-11,17H2,1H3,(H,18,21). The van der Waals surface area contributed by atoms with Crippen molar-refractivity contribution in [3.8, 4) is 0 Å². The maximum Gasteiger partial charge on any atom is 0.238 e. The lowest BCUT2D eigenvalue weighted by molar-refractivity contribution is -0.118. The van der Waals surface area contributed by atoms with Gasteiger partial charge >= 0.3 is 0 Å². The summed E-state index contributed by atoms with van der Waals surface area (Å²) in [5.41, 5.74) is 7.35. The molecule has 0 saturated carbocycles. The Balaban J connectivity index is 2.06. The largest absolute Gasteiger partial charge is 0.390 e. The van der Waals surface area contributed by atoms with Crippen LogP contribution in [0.4, 0.5) is 5.69 Å². The van der Waals surface area contributed by atoms with Crippen molar-refractivity contribution in [3.05, 3.63) is 29.8 Å². The van der Waals surface area contributed by atoms with E-state index in [-0.39, 0.29) is 30.5 Å². The maximum absolute atomic E-state index is 12.4. The molecule has 1 amide bonds. The molecular weight excluding hydrogens is 330 g/mol. The number of benzene rings is 1. The first-order valence-corrected chi connectivity index (χ1v) is 9.88. The molecule has 0 radical (unpaired) electrons. The summed E-state index contributed by atoms with van der Waals surface area (Å²) in [6, 6.07) is 6.94. The Hall–Kier alpha value is -1.48. The molecule has 2 atom stereocenters. The second kappa shape index (κ2) is 8.06. The van der Waals surface area contributed by atoms with Crippen LogP contribution in [0.25, 0.3) is 0 Å². The molecule has 0 bridgehead atoms. The zero-order chi connectivity index (χ0) is 17.7. The number of nitrogens with two attached hydrogens (primary N) is 1. The minimum atomic E-state index is -3.28. The average Bonchev–Trinajstić information content (AvgIpc) is 2.80. The molecule has 134 valence electrons. The predicted molar refractivity (Wildman–Crippen MR) is 93.5 cm³/mol. The Kier molecular flexibility index (Phi) is 6.34. The lowest BCUT2D eigenvalue weighted by Gasteiger charge is -2.29. The molecule has 4 N–H and O–H groups in total. The van der Waals surface area contributed by atoms with Crippen molar-refractivity contribution in [2.45, 2.75) is 25.5 Å². The highest BCUT2D eigenvalue weighted by atomic mass is 32.2. The molecule has 1 aromatic rings. The highest BCUT2D eigenvalue weighted by Crippen LogP contribution is 2.19. The van der Waals surface area contributed by atoms with Gasteiger partial charge in [-0.2, -0.15) is 0 Å². The second-order valence-corrected chi connectivity index (χ2v) is 8.18. The second-order valence-electron chi connectivity index (χ2n) is 6.03. The van der Waals surface area contributed by atoms with E-state index in [2.05, 4.69) is 5.32 Å². The third-order valence-electron chi connectivity index (χ3n) is 4.20. The number of rotatable bonds is 7. The Bertz CT molecular complexity index is 678. The highest BCUT2D eigenvalue weighted by Gasteiger charge is 2.40. The molecule has 2 rings (SSSR count). The normalized spacial score (nSPS) is 22.7. The maximum atomic E-state index is 12.4. The van der Waals surface area contributed by atoms with Crippen molar-refractivity contribution < 1.29 is 18.3 Å². The van der Waals surface area contributed by atoms with E-state index >= 15 is 0 Å². The summed E-state index contributed by atoms with van der Waals surface area (Å²) in [6.07, 6.45) is -0.194.